The minimum atomic E-state index is -1.52. The van der Waals surface area contributed by atoms with Gasteiger partial charge in [0.1, 0.15) is 5.82 Å². The van der Waals surface area contributed by atoms with Gasteiger partial charge in [0.05, 0.1) is 17.3 Å². The Morgan fingerprint density at radius 1 is 1.19 bits per heavy atom. The predicted molar refractivity (Wildman–Crippen MR) is 123 cm³/mol. The molecule has 0 aliphatic carbocycles. The van der Waals surface area contributed by atoms with Crippen LogP contribution in [0, 0.1) is 0 Å². The van der Waals surface area contributed by atoms with E-state index in [0.717, 1.165) is 11.1 Å². The van der Waals surface area contributed by atoms with Crippen LogP contribution in [-0.2, 0) is 6.54 Å². The maximum Gasteiger partial charge on any atom is 0.488 e. The average molecular weight is 430 g/mol. The van der Waals surface area contributed by atoms with Crippen LogP contribution in [0.5, 0.6) is 0 Å². The van der Waals surface area contributed by atoms with E-state index in [1.165, 1.54) is 0 Å². The molecule has 0 unspecified atom stereocenters. The Morgan fingerprint density at radius 3 is 2.69 bits per heavy atom. The van der Waals surface area contributed by atoms with E-state index in [9.17, 15) is 14.8 Å². The van der Waals surface area contributed by atoms with Crippen LogP contribution < -0.4 is 16.5 Å². The molecule has 0 aliphatic heterocycles. The van der Waals surface area contributed by atoms with E-state index < -0.39 is 13.0 Å². The van der Waals surface area contributed by atoms with Crippen LogP contribution in [0.4, 0.5) is 5.82 Å². The fraction of sp³-hybridized carbons (Fsp3) is 0.182. The summed E-state index contributed by atoms with van der Waals surface area (Å²) in [5.41, 5.74) is 8.77. The van der Waals surface area contributed by atoms with Gasteiger partial charge in [-0.05, 0) is 29.1 Å². The summed E-state index contributed by atoms with van der Waals surface area (Å²) in [6.45, 7) is 4.53. The first-order chi connectivity index (χ1) is 15.3. The lowest BCUT2D eigenvalue weighted by molar-refractivity contribution is 0.100. The van der Waals surface area contributed by atoms with Crippen molar-refractivity contribution in [3.63, 3.8) is 0 Å². The van der Waals surface area contributed by atoms with Crippen molar-refractivity contribution < 1.29 is 14.8 Å². The third kappa shape index (κ3) is 4.18. The van der Waals surface area contributed by atoms with Gasteiger partial charge in [-0.3, -0.25) is 4.79 Å². The number of anilines is 1. The Hall–Kier alpha value is -3.76. The summed E-state index contributed by atoms with van der Waals surface area (Å²) in [6, 6.07) is 12.3. The molecule has 4 aromatic rings. The standard InChI is InChI=1S/C22H23BN6O3/c1-13(2)17-11-26-22(29-19-8-4-7-16(20(24)30)18(19)12-27-29)28-21(17)25-10-14-5-3-6-15(9-14)23(31)32/h3-9,11-13,31-32H,10H2,1-2H3,(H2,24,30)(H,25,26,28). The van der Waals surface area contributed by atoms with E-state index in [1.54, 1.807) is 47.4 Å². The van der Waals surface area contributed by atoms with Crippen molar-refractivity contribution in [3.05, 3.63) is 71.5 Å². The van der Waals surface area contributed by atoms with E-state index in [0.29, 0.717) is 40.2 Å². The number of nitrogens with one attached hydrogen (secondary N) is 1. The molecule has 0 spiro atoms. The third-order valence-electron chi connectivity index (χ3n) is 5.20. The number of carbonyl (C=O) groups excluding carboxylic acids is 1. The highest BCUT2D eigenvalue weighted by Gasteiger charge is 2.16. The molecule has 162 valence electrons. The second-order valence-electron chi connectivity index (χ2n) is 7.76. The second kappa shape index (κ2) is 8.78. The van der Waals surface area contributed by atoms with Crippen molar-refractivity contribution in [3.8, 4) is 5.95 Å². The van der Waals surface area contributed by atoms with Crippen molar-refractivity contribution in [1.29, 1.82) is 0 Å². The summed E-state index contributed by atoms with van der Waals surface area (Å²) in [7, 11) is -1.52. The fourth-order valence-corrected chi connectivity index (χ4v) is 3.52. The van der Waals surface area contributed by atoms with Crippen molar-refractivity contribution in [1.82, 2.24) is 19.7 Å². The third-order valence-corrected chi connectivity index (χ3v) is 5.20. The second-order valence-corrected chi connectivity index (χ2v) is 7.76. The summed E-state index contributed by atoms with van der Waals surface area (Å²) in [4.78, 5) is 20.9. The minimum Gasteiger partial charge on any atom is -0.423 e. The molecule has 9 nitrogen and oxygen atoms in total. The number of aromatic nitrogens is 4. The van der Waals surface area contributed by atoms with Gasteiger partial charge in [-0.15, -0.1) is 0 Å². The summed E-state index contributed by atoms with van der Waals surface area (Å²) < 4.78 is 1.57. The van der Waals surface area contributed by atoms with Crippen LogP contribution in [0.15, 0.2) is 54.9 Å². The molecule has 0 saturated carbocycles. The molecule has 2 heterocycles. The smallest absolute Gasteiger partial charge is 0.423 e. The van der Waals surface area contributed by atoms with Crippen molar-refractivity contribution in [2.75, 3.05) is 5.32 Å². The molecule has 1 amide bonds. The van der Waals surface area contributed by atoms with Gasteiger partial charge in [-0.1, -0.05) is 44.2 Å². The minimum absolute atomic E-state index is 0.174. The molecular formula is C22H23BN6O3. The number of primary amides is 1. The molecule has 0 atom stereocenters. The quantitative estimate of drug-likeness (QED) is 0.325. The van der Waals surface area contributed by atoms with Gasteiger partial charge >= 0.3 is 7.12 Å². The van der Waals surface area contributed by atoms with Crippen LogP contribution in [0.1, 0.15) is 41.3 Å². The summed E-state index contributed by atoms with van der Waals surface area (Å²) >= 11 is 0. The van der Waals surface area contributed by atoms with E-state index >= 15 is 0 Å². The largest absolute Gasteiger partial charge is 0.488 e. The summed E-state index contributed by atoms with van der Waals surface area (Å²) in [6.07, 6.45) is 3.34. The number of fused-ring (bicyclic) bond motifs is 1. The van der Waals surface area contributed by atoms with Gasteiger partial charge < -0.3 is 21.1 Å². The molecule has 0 bridgehead atoms. The van der Waals surface area contributed by atoms with Crippen LogP contribution >= 0.6 is 0 Å². The van der Waals surface area contributed by atoms with Crippen molar-refractivity contribution >= 4 is 35.2 Å². The Kier molecular flexibility index (Phi) is 5.89. The Morgan fingerprint density at radius 2 is 1.97 bits per heavy atom. The number of rotatable bonds is 7. The number of amides is 1. The molecule has 5 N–H and O–H groups in total. The molecule has 2 aromatic heterocycles. The predicted octanol–water partition coefficient (Wildman–Crippen LogP) is 1.33. The van der Waals surface area contributed by atoms with Gasteiger partial charge in [0.15, 0.2) is 0 Å². The SMILES string of the molecule is CC(C)c1cnc(-n2ncc3c(C(N)=O)cccc32)nc1NCc1cccc(B(O)O)c1. The zero-order valence-electron chi connectivity index (χ0n) is 17.7. The zero-order valence-corrected chi connectivity index (χ0v) is 17.7. The van der Waals surface area contributed by atoms with Gasteiger partial charge in [-0.2, -0.15) is 14.8 Å². The van der Waals surface area contributed by atoms with Crippen LogP contribution in [0.2, 0.25) is 0 Å². The lowest BCUT2D eigenvalue weighted by Gasteiger charge is -2.15. The first kappa shape index (κ1) is 21.5. The molecular weight excluding hydrogens is 407 g/mol. The first-order valence-corrected chi connectivity index (χ1v) is 10.2. The Labute approximate surface area is 185 Å². The van der Waals surface area contributed by atoms with E-state index in [2.05, 4.69) is 29.2 Å². The number of nitrogens with two attached hydrogens (primary N) is 1. The lowest BCUT2D eigenvalue weighted by atomic mass is 9.79. The van der Waals surface area contributed by atoms with Crippen LogP contribution in [0.25, 0.3) is 16.9 Å². The zero-order chi connectivity index (χ0) is 22.8. The highest BCUT2D eigenvalue weighted by atomic mass is 16.4. The molecule has 0 fully saturated rings. The number of benzene rings is 2. The van der Waals surface area contributed by atoms with Gasteiger partial charge in [-0.25, -0.2) is 4.98 Å². The topological polar surface area (TPSA) is 139 Å². The molecule has 0 aliphatic rings. The number of hydrogen-bond donors (Lipinski definition) is 4. The Bertz CT molecular complexity index is 1290. The van der Waals surface area contributed by atoms with Crippen LogP contribution in [-0.4, -0.2) is 42.8 Å². The maximum absolute atomic E-state index is 11.7. The molecule has 2 aromatic carbocycles. The van der Waals surface area contributed by atoms with Crippen molar-refractivity contribution in [2.45, 2.75) is 26.3 Å². The summed E-state index contributed by atoms with van der Waals surface area (Å²) in [5.74, 6) is 0.652. The first-order valence-electron chi connectivity index (χ1n) is 10.2. The lowest BCUT2D eigenvalue weighted by Crippen LogP contribution is -2.30. The van der Waals surface area contributed by atoms with Gasteiger partial charge in [0.25, 0.3) is 5.95 Å². The van der Waals surface area contributed by atoms with E-state index in [-0.39, 0.29) is 5.92 Å². The number of hydrogen-bond acceptors (Lipinski definition) is 7. The molecule has 4 rings (SSSR count). The van der Waals surface area contributed by atoms with E-state index in [1.807, 2.05) is 12.1 Å². The van der Waals surface area contributed by atoms with Crippen LogP contribution in [0.3, 0.4) is 0 Å². The van der Waals surface area contributed by atoms with Gasteiger partial charge in [0, 0.05) is 23.7 Å². The average Bonchev–Trinajstić information content (AvgIpc) is 3.21. The van der Waals surface area contributed by atoms with Crippen molar-refractivity contribution in [2.24, 2.45) is 5.73 Å². The highest BCUT2D eigenvalue weighted by molar-refractivity contribution is 6.58. The maximum atomic E-state index is 11.7. The number of nitrogens with zero attached hydrogens (tertiary/aromatic N) is 4. The highest BCUT2D eigenvalue weighted by Crippen LogP contribution is 2.25. The molecule has 0 radical (unpaired) electrons. The molecule has 10 heteroatoms. The fourth-order valence-electron chi connectivity index (χ4n) is 3.52. The van der Waals surface area contributed by atoms with Gasteiger partial charge in [0.2, 0.25) is 5.91 Å². The summed E-state index contributed by atoms with van der Waals surface area (Å²) in [5, 5.41) is 27.1. The normalized spacial score (nSPS) is 11.2. The Balaban J connectivity index is 1.70. The molecule has 32 heavy (non-hydrogen) atoms. The number of carbonyl (C=O) groups is 1. The monoisotopic (exact) mass is 430 g/mol. The van der Waals surface area contributed by atoms with E-state index in [4.69, 9.17) is 10.7 Å². The molecule has 0 saturated heterocycles.